The molecule has 26 heavy (non-hydrogen) atoms. The van der Waals surface area contributed by atoms with Crippen LogP contribution in [0, 0.1) is 0 Å². The minimum atomic E-state index is 0.0667. The Hall–Kier alpha value is -2.24. The van der Waals surface area contributed by atoms with E-state index in [1.165, 1.54) is 0 Å². The fourth-order valence-corrected chi connectivity index (χ4v) is 3.21. The molecule has 1 fully saturated rings. The number of aromatic hydroxyl groups is 1. The first kappa shape index (κ1) is 18.5. The summed E-state index contributed by atoms with van der Waals surface area (Å²) in [5.41, 5.74) is 2.27. The first-order valence-electron chi connectivity index (χ1n) is 8.87. The van der Waals surface area contributed by atoms with E-state index in [0.717, 1.165) is 48.9 Å². The van der Waals surface area contributed by atoms with E-state index in [1.807, 2.05) is 36.4 Å². The van der Waals surface area contributed by atoms with E-state index in [-0.39, 0.29) is 11.7 Å². The zero-order valence-corrected chi connectivity index (χ0v) is 15.5. The molecule has 0 saturated carbocycles. The van der Waals surface area contributed by atoms with Crippen molar-refractivity contribution in [1.29, 1.82) is 0 Å². The van der Waals surface area contributed by atoms with Gasteiger partial charge in [0.05, 0.1) is 6.54 Å². The van der Waals surface area contributed by atoms with Crippen LogP contribution in [-0.2, 0) is 11.2 Å². The van der Waals surface area contributed by atoms with Crippen LogP contribution in [0.4, 0.5) is 5.69 Å². The third-order valence-electron chi connectivity index (χ3n) is 4.60. The predicted molar refractivity (Wildman–Crippen MR) is 105 cm³/mol. The van der Waals surface area contributed by atoms with E-state index in [1.54, 1.807) is 12.1 Å². The third-order valence-corrected chi connectivity index (χ3v) is 4.86. The molecule has 1 aliphatic rings. The second-order valence-corrected chi connectivity index (χ2v) is 6.94. The Balaban J connectivity index is 1.36. The number of rotatable bonds is 6. The van der Waals surface area contributed by atoms with Crippen molar-refractivity contribution in [3.8, 4) is 5.75 Å². The maximum Gasteiger partial charge on any atom is 0.234 e. The van der Waals surface area contributed by atoms with Crippen molar-refractivity contribution in [2.45, 2.75) is 6.42 Å². The summed E-state index contributed by atoms with van der Waals surface area (Å²) >= 11 is 5.87. The second-order valence-electron chi connectivity index (χ2n) is 6.51. The lowest BCUT2D eigenvalue weighted by molar-refractivity contribution is -0.122. The first-order chi connectivity index (χ1) is 12.6. The minimum absolute atomic E-state index is 0.0667. The Morgan fingerprint density at radius 1 is 1.00 bits per heavy atom. The van der Waals surface area contributed by atoms with Crippen LogP contribution < -0.4 is 10.2 Å². The molecule has 1 aliphatic heterocycles. The van der Waals surface area contributed by atoms with E-state index >= 15 is 0 Å². The van der Waals surface area contributed by atoms with Crippen LogP contribution in [0.1, 0.15) is 5.56 Å². The highest BCUT2D eigenvalue weighted by molar-refractivity contribution is 6.30. The molecular weight excluding hydrogens is 350 g/mol. The summed E-state index contributed by atoms with van der Waals surface area (Å²) in [6.45, 7) is 4.53. The SMILES string of the molecule is O=C(CN1CCN(c2ccc(O)cc2)CC1)NCCc1ccc(Cl)cc1. The van der Waals surface area contributed by atoms with Crippen molar-refractivity contribution in [1.82, 2.24) is 10.2 Å². The number of carbonyl (C=O) groups excluding carboxylic acids is 1. The summed E-state index contributed by atoms with van der Waals surface area (Å²) in [6, 6.07) is 15.0. The topological polar surface area (TPSA) is 55.8 Å². The number of carbonyl (C=O) groups is 1. The number of hydrogen-bond acceptors (Lipinski definition) is 4. The van der Waals surface area contributed by atoms with Gasteiger partial charge in [0, 0.05) is 43.4 Å². The molecule has 1 amide bonds. The van der Waals surface area contributed by atoms with Gasteiger partial charge in [0.1, 0.15) is 5.75 Å². The normalized spacial score (nSPS) is 15.0. The van der Waals surface area contributed by atoms with Crippen LogP contribution in [0.15, 0.2) is 48.5 Å². The summed E-state index contributed by atoms with van der Waals surface area (Å²) in [4.78, 5) is 16.6. The quantitative estimate of drug-likeness (QED) is 0.817. The van der Waals surface area contributed by atoms with E-state index in [2.05, 4.69) is 15.1 Å². The number of benzene rings is 2. The Labute approximate surface area is 159 Å². The summed E-state index contributed by atoms with van der Waals surface area (Å²) in [5.74, 6) is 0.347. The molecule has 0 radical (unpaired) electrons. The molecule has 0 aromatic heterocycles. The molecular formula is C20H24ClN3O2. The van der Waals surface area contributed by atoms with E-state index in [0.29, 0.717) is 13.1 Å². The number of hydrogen-bond donors (Lipinski definition) is 2. The Bertz CT molecular complexity index is 711. The highest BCUT2D eigenvalue weighted by Gasteiger charge is 2.19. The molecule has 1 saturated heterocycles. The third kappa shape index (κ3) is 5.38. The van der Waals surface area contributed by atoms with E-state index in [4.69, 9.17) is 11.6 Å². The molecule has 0 aliphatic carbocycles. The number of anilines is 1. The number of amides is 1. The molecule has 0 unspecified atom stereocenters. The fourth-order valence-electron chi connectivity index (χ4n) is 3.08. The lowest BCUT2D eigenvalue weighted by atomic mass is 10.1. The number of nitrogens with one attached hydrogen (secondary N) is 1. The lowest BCUT2D eigenvalue weighted by Gasteiger charge is -2.35. The zero-order valence-electron chi connectivity index (χ0n) is 14.7. The fraction of sp³-hybridized carbons (Fsp3) is 0.350. The summed E-state index contributed by atoms with van der Waals surface area (Å²) in [5, 5.41) is 13.1. The van der Waals surface area contributed by atoms with Gasteiger partial charge in [-0.3, -0.25) is 9.69 Å². The molecule has 5 nitrogen and oxygen atoms in total. The maximum atomic E-state index is 12.1. The van der Waals surface area contributed by atoms with Crippen LogP contribution >= 0.6 is 11.6 Å². The van der Waals surface area contributed by atoms with Crippen molar-refractivity contribution in [2.24, 2.45) is 0 Å². The molecule has 2 aromatic carbocycles. The van der Waals surface area contributed by atoms with Gasteiger partial charge in [-0.15, -0.1) is 0 Å². The van der Waals surface area contributed by atoms with Crippen LogP contribution in [0.5, 0.6) is 5.75 Å². The van der Waals surface area contributed by atoms with E-state index < -0.39 is 0 Å². The van der Waals surface area contributed by atoms with Gasteiger partial charge in [0.2, 0.25) is 5.91 Å². The van der Waals surface area contributed by atoms with Crippen LogP contribution in [-0.4, -0.2) is 55.2 Å². The first-order valence-corrected chi connectivity index (χ1v) is 9.25. The van der Waals surface area contributed by atoms with Gasteiger partial charge in [-0.25, -0.2) is 0 Å². The van der Waals surface area contributed by atoms with Gasteiger partial charge in [0.25, 0.3) is 0 Å². The summed E-state index contributed by atoms with van der Waals surface area (Å²) in [7, 11) is 0. The van der Waals surface area contributed by atoms with Crippen LogP contribution in [0.2, 0.25) is 5.02 Å². The van der Waals surface area contributed by atoms with Gasteiger partial charge in [-0.05, 0) is 48.4 Å². The molecule has 2 N–H and O–H groups in total. The Morgan fingerprint density at radius 3 is 2.31 bits per heavy atom. The summed E-state index contributed by atoms with van der Waals surface area (Å²) in [6.07, 6.45) is 0.803. The zero-order chi connectivity index (χ0) is 18.4. The minimum Gasteiger partial charge on any atom is -0.508 e. The maximum absolute atomic E-state index is 12.1. The van der Waals surface area contributed by atoms with Gasteiger partial charge >= 0.3 is 0 Å². The van der Waals surface area contributed by atoms with Gasteiger partial charge in [0.15, 0.2) is 0 Å². The monoisotopic (exact) mass is 373 g/mol. The number of phenolic OH excluding ortho intramolecular Hbond substituents is 1. The smallest absolute Gasteiger partial charge is 0.234 e. The largest absolute Gasteiger partial charge is 0.508 e. The summed E-state index contributed by atoms with van der Waals surface area (Å²) < 4.78 is 0. The van der Waals surface area contributed by atoms with Crippen molar-refractivity contribution in [2.75, 3.05) is 44.2 Å². The van der Waals surface area contributed by atoms with Gasteiger partial charge < -0.3 is 15.3 Å². The molecule has 0 spiro atoms. The number of phenols is 1. The highest BCUT2D eigenvalue weighted by atomic mass is 35.5. The molecule has 0 atom stereocenters. The molecule has 2 aromatic rings. The predicted octanol–water partition coefficient (Wildman–Crippen LogP) is 2.53. The van der Waals surface area contributed by atoms with E-state index in [9.17, 15) is 9.90 Å². The van der Waals surface area contributed by atoms with Crippen molar-refractivity contribution in [3.05, 3.63) is 59.1 Å². The Morgan fingerprint density at radius 2 is 1.65 bits per heavy atom. The van der Waals surface area contributed by atoms with Crippen molar-refractivity contribution < 1.29 is 9.90 Å². The number of nitrogens with zero attached hydrogens (tertiary/aromatic N) is 2. The molecule has 3 rings (SSSR count). The number of halogens is 1. The molecule has 1 heterocycles. The van der Waals surface area contributed by atoms with Crippen molar-refractivity contribution >= 4 is 23.2 Å². The highest BCUT2D eigenvalue weighted by Crippen LogP contribution is 2.19. The average Bonchev–Trinajstić information content (AvgIpc) is 2.65. The molecule has 6 heteroatoms. The van der Waals surface area contributed by atoms with Crippen LogP contribution in [0.3, 0.4) is 0 Å². The number of piperazine rings is 1. The standard InChI is InChI=1S/C20H24ClN3O2/c21-17-3-1-16(2-4-17)9-10-22-20(26)15-23-11-13-24(14-12-23)18-5-7-19(25)8-6-18/h1-8,25H,9-15H2,(H,22,26). The van der Waals surface area contributed by atoms with Crippen molar-refractivity contribution in [3.63, 3.8) is 0 Å². The lowest BCUT2D eigenvalue weighted by Crippen LogP contribution is -2.49. The van der Waals surface area contributed by atoms with Gasteiger partial charge in [-0.2, -0.15) is 0 Å². The van der Waals surface area contributed by atoms with Gasteiger partial charge in [-0.1, -0.05) is 23.7 Å². The average molecular weight is 374 g/mol. The second kappa shape index (κ2) is 8.92. The Kier molecular flexibility index (Phi) is 6.36. The molecule has 0 bridgehead atoms. The van der Waals surface area contributed by atoms with Crippen LogP contribution in [0.25, 0.3) is 0 Å². The molecule has 138 valence electrons.